The summed E-state index contributed by atoms with van der Waals surface area (Å²) in [6.07, 6.45) is 6.04. The summed E-state index contributed by atoms with van der Waals surface area (Å²) < 4.78 is 8.06. The number of rotatable bonds is 6. The lowest BCUT2D eigenvalue weighted by molar-refractivity contribution is -0.136. The molecule has 2 aliphatic rings. The molecule has 1 saturated heterocycles. The number of benzene rings is 2. The molecule has 0 bridgehead atoms. The van der Waals surface area contributed by atoms with E-state index in [0.29, 0.717) is 30.9 Å². The minimum absolute atomic E-state index is 0.205. The summed E-state index contributed by atoms with van der Waals surface area (Å²) >= 11 is 0. The highest BCUT2D eigenvalue weighted by Gasteiger charge is 2.40. The molecule has 0 aliphatic carbocycles. The molecule has 8 heteroatoms. The van der Waals surface area contributed by atoms with Gasteiger partial charge in [-0.2, -0.15) is 0 Å². The number of amides is 3. The van der Waals surface area contributed by atoms with E-state index in [1.807, 2.05) is 29.0 Å². The zero-order chi connectivity index (χ0) is 22.1. The number of hydrogen-bond acceptors (Lipinski definition) is 5. The van der Waals surface area contributed by atoms with Crippen LogP contribution in [0.3, 0.4) is 0 Å². The van der Waals surface area contributed by atoms with Crippen molar-refractivity contribution in [3.63, 3.8) is 0 Å². The second-order valence-corrected chi connectivity index (χ2v) is 8.02. The number of fused-ring (bicyclic) bond motifs is 1. The zero-order valence-corrected chi connectivity index (χ0v) is 17.4. The third-order valence-corrected chi connectivity index (χ3v) is 5.88. The minimum atomic E-state index is -0.636. The lowest BCUT2D eigenvalue weighted by atomic mass is 10.0. The molecule has 2 aliphatic heterocycles. The number of carbonyl (C=O) groups is 3. The van der Waals surface area contributed by atoms with Gasteiger partial charge in [-0.1, -0.05) is 30.3 Å². The lowest BCUT2D eigenvalue weighted by Gasteiger charge is -2.29. The molecule has 0 spiro atoms. The third-order valence-electron chi connectivity index (χ3n) is 5.88. The highest BCUT2D eigenvalue weighted by Crippen LogP contribution is 2.33. The predicted octanol–water partition coefficient (Wildman–Crippen LogP) is 2.27. The van der Waals surface area contributed by atoms with Gasteiger partial charge in [0, 0.05) is 36.5 Å². The molecule has 8 nitrogen and oxygen atoms in total. The van der Waals surface area contributed by atoms with Gasteiger partial charge in [0.2, 0.25) is 11.8 Å². The van der Waals surface area contributed by atoms with Gasteiger partial charge >= 0.3 is 0 Å². The Bertz CT molecular complexity index is 1170. The van der Waals surface area contributed by atoms with Crippen LogP contribution in [-0.2, 0) is 29.3 Å². The molecule has 5 rings (SSSR count). The van der Waals surface area contributed by atoms with Crippen LogP contribution in [0.2, 0.25) is 0 Å². The van der Waals surface area contributed by atoms with Gasteiger partial charge in [-0.05, 0) is 29.7 Å². The Morgan fingerprint density at radius 1 is 1.06 bits per heavy atom. The first-order valence-corrected chi connectivity index (χ1v) is 10.5. The van der Waals surface area contributed by atoms with E-state index in [-0.39, 0.29) is 18.2 Å². The number of imide groups is 1. The molecule has 1 fully saturated rings. The van der Waals surface area contributed by atoms with Crippen molar-refractivity contribution in [2.75, 3.05) is 0 Å². The van der Waals surface area contributed by atoms with Crippen LogP contribution in [0.15, 0.2) is 61.2 Å². The average Bonchev–Trinajstić information content (AvgIpc) is 3.42. The van der Waals surface area contributed by atoms with Crippen molar-refractivity contribution >= 4 is 17.7 Å². The molecule has 32 heavy (non-hydrogen) atoms. The number of imidazole rings is 1. The average molecular weight is 430 g/mol. The lowest BCUT2D eigenvalue weighted by Crippen LogP contribution is -2.52. The van der Waals surface area contributed by atoms with Crippen molar-refractivity contribution in [1.29, 1.82) is 0 Å². The normalized spacial score (nSPS) is 17.9. The van der Waals surface area contributed by atoms with Gasteiger partial charge in [0.15, 0.2) is 0 Å². The fourth-order valence-corrected chi connectivity index (χ4v) is 4.19. The number of aromatic nitrogens is 2. The van der Waals surface area contributed by atoms with Crippen molar-refractivity contribution in [3.05, 3.63) is 83.4 Å². The fraction of sp³-hybridized carbons (Fsp3) is 0.250. The quantitative estimate of drug-likeness (QED) is 0.606. The van der Waals surface area contributed by atoms with E-state index >= 15 is 0 Å². The van der Waals surface area contributed by atoms with Crippen molar-refractivity contribution in [2.24, 2.45) is 0 Å². The van der Waals surface area contributed by atoms with E-state index in [1.165, 1.54) is 4.90 Å². The Labute approximate surface area is 184 Å². The van der Waals surface area contributed by atoms with Crippen LogP contribution in [0.1, 0.15) is 39.9 Å². The van der Waals surface area contributed by atoms with Gasteiger partial charge in [0.25, 0.3) is 5.91 Å². The molecule has 1 atom stereocenters. The molecule has 3 aromatic rings. The maximum Gasteiger partial charge on any atom is 0.255 e. The van der Waals surface area contributed by atoms with Gasteiger partial charge in [0.05, 0.1) is 12.9 Å². The van der Waals surface area contributed by atoms with Gasteiger partial charge in [-0.15, -0.1) is 0 Å². The maximum absolute atomic E-state index is 12.9. The Hall–Kier alpha value is -3.94. The second-order valence-electron chi connectivity index (χ2n) is 8.02. The Morgan fingerprint density at radius 2 is 1.88 bits per heavy atom. The molecule has 0 saturated carbocycles. The van der Waals surface area contributed by atoms with Crippen LogP contribution in [0.4, 0.5) is 0 Å². The summed E-state index contributed by atoms with van der Waals surface area (Å²) in [6, 6.07) is 12.9. The van der Waals surface area contributed by atoms with Crippen molar-refractivity contribution < 1.29 is 19.1 Å². The summed E-state index contributed by atoms with van der Waals surface area (Å²) in [5, 5.41) is 2.33. The summed E-state index contributed by atoms with van der Waals surface area (Å²) in [6.45, 7) is 1.42. The largest absolute Gasteiger partial charge is 0.489 e. The Morgan fingerprint density at radius 3 is 2.62 bits per heavy atom. The van der Waals surface area contributed by atoms with Crippen LogP contribution in [0.5, 0.6) is 5.75 Å². The highest BCUT2D eigenvalue weighted by molar-refractivity contribution is 6.05. The molecule has 1 N–H and O–H groups in total. The van der Waals surface area contributed by atoms with Gasteiger partial charge < -0.3 is 14.2 Å². The molecule has 162 valence electrons. The fourth-order valence-electron chi connectivity index (χ4n) is 4.19. The second kappa shape index (κ2) is 8.30. The standard InChI is InChI=1S/C24H22N4O4/c29-22-9-8-20(23(30)26-22)28-13-19-18(24(28)31)2-1-3-21(19)32-14-17-6-4-16(5-7-17)12-27-11-10-25-15-27/h1-7,10-11,15,20H,8-9,12-14H2,(H,26,29,30). The van der Waals surface area contributed by atoms with E-state index in [4.69, 9.17) is 4.74 Å². The summed E-state index contributed by atoms with van der Waals surface area (Å²) in [7, 11) is 0. The maximum atomic E-state index is 12.9. The zero-order valence-electron chi connectivity index (χ0n) is 17.4. The number of hydrogen-bond donors (Lipinski definition) is 1. The SMILES string of the molecule is O=C1CCC(N2Cc3c(OCc4ccc(Cn5ccnc5)cc4)cccc3C2=O)C(=O)N1. The highest BCUT2D eigenvalue weighted by atomic mass is 16.5. The minimum Gasteiger partial charge on any atom is -0.489 e. The van der Waals surface area contributed by atoms with E-state index in [1.54, 1.807) is 24.7 Å². The summed E-state index contributed by atoms with van der Waals surface area (Å²) in [4.78, 5) is 42.2. The van der Waals surface area contributed by atoms with E-state index in [2.05, 4.69) is 22.4 Å². The summed E-state index contributed by atoms with van der Waals surface area (Å²) in [5.41, 5.74) is 3.50. The number of ether oxygens (including phenoxy) is 1. The smallest absolute Gasteiger partial charge is 0.255 e. The molecule has 1 aromatic heterocycles. The first-order chi connectivity index (χ1) is 15.6. The number of piperidine rings is 1. The molecule has 0 radical (unpaired) electrons. The molecular formula is C24H22N4O4. The van der Waals surface area contributed by atoms with Crippen molar-refractivity contribution in [1.82, 2.24) is 19.8 Å². The molecule has 1 unspecified atom stereocenters. The Kier molecular flexibility index (Phi) is 5.18. The van der Waals surface area contributed by atoms with Crippen molar-refractivity contribution in [3.8, 4) is 5.75 Å². The monoisotopic (exact) mass is 430 g/mol. The topological polar surface area (TPSA) is 93.5 Å². The van der Waals surface area contributed by atoms with Crippen LogP contribution in [0, 0.1) is 0 Å². The van der Waals surface area contributed by atoms with E-state index in [9.17, 15) is 14.4 Å². The Balaban J connectivity index is 1.27. The number of nitrogens with one attached hydrogen (secondary N) is 1. The van der Waals surface area contributed by atoms with E-state index in [0.717, 1.165) is 23.2 Å². The van der Waals surface area contributed by atoms with Crippen LogP contribution >= 0.6 is 0 Å². The van der Waals surface area contributed by atoms with Gasteiger partial charge in [-0.3, -0.25) is 19.7 Å². The molecule has 3 heterocycles. The predicted molar refractivity (Wildman–Crippen MR) is 115 cm³/mol. The number of carbonyl (C=O) groups excluding carboxylic acids is 3. The van der Waals surface area contributed by atoms with Crippen LogP contribution in [-0.4, -0.2) is 38.2 Å². The first-order valence-electron chi connectivity index (χ1n) is 10.5. The van der Waals surface area contributed by atoms with Gasteiger partial charge in [-0.25, -0.2) is 4.98 Å². The van der Waals surface area contributed by atoms with Gasteiger partial charge in [0.1, 0.15) is 18.4 Å². The van der Waals surface area contributed by atoms with Crippen LogP contribution < -0.4 is 10.1 Å². The molecule has 3 amide bonds. The molecule has 2 aromatic carbocycles. The third kappa shape index (κ3) is 3.87. The summed E-state index contributed by atoms with van der Waals surface area (Å²) in [5.74, 6) is -0.284. The van der Waals surface area contributed by atoms with Crippen LogP contribution in [0.25, 0.3) is 0 Å². The van der Waals surface area contributed by atoms with Crippen molar-refractivity contribution in [2.45, 2.75) is 38.6 Å². The molecular weight excluding hydrogens is 408 g/mol. The number of nitrogens with zero attached hydrogens (tertiary/aromatic N) is 3. The van der Waals surface area contributed by atoms with E-state index < -0.39 is 11.9 Å². The first kappa shape index (κ1) is 20.0.